The zero-order chi connectivity index (χ0) is 17.9. The van der Waals surface area contributed by atoms with Crippen LogP contribution < -0.4 is 0 Å². The molecule has 0 radical (unpaired) electrons. The van der Waals surface area contributed by atoms with Crippen LogP contribution in [0.1, 0.15) is 26.7 Å². The van der Waals surface area contributed by atoms with Gasteiger partial charge in [0.05, 0.1) is 6.61 Å². The number of ether oxygens (including phenoxy) is 1. The molecule has 1 spiro atoms. The molecule has 2 saturated heterocycles. The molecule has 3 amide bonds. The van der Waals surface area contributed by atoms with Crippen molar-refractivity contribution in [3.05, 3.63) is 0 Å². The molecule has 2 rings (SSSR count). The largest absolute Gasteiger partial charge is 0.383 e. The number of likely N-dealkylation sites (tertiary alicyclic amines) is 1. The van der Waals surface area contributed by atoms with E-state index in [0.29, 0.717) is 45.1 Å². The van der Waals surface area contributed by atoms with E-state index in [9.17, 15) is 9.59 Å². The molecular formula is C17H32N4O3. The van der Waals surface area contributed by atoms with E-state index in [4.69, 9.17) is 4.74 Å². The van der Waals surface area contributed by atoms with Gasteiger partial charge in [0.2, 0.25) is 0 Å². The lowest BCUT2D eigenvalue weighted by Crippen LogP contribution is -2.58. The lowest BCUT2D eigenvalue weighted by atomic mass is 9.85. The maximum Gasteiger partial charge on any atom is 0.327 e. The summed E-state index contributed by atoms with van der Waals surface area (Å²) in [4.78, 5) is 33.4. The summed E-state index contributed by atoms with van der Waals surface area (Å²) in [7, 11) is 5.62. The van der Waals surface area contributed by atoms with E-state index < -0.39 is 5.54 Å². The normalized spacial score (nSPS) is 22.9. The molecule has 24 heavy (non-hydrogen) atoms. The fourth-order valence-corrected chi connectivity index (χ4v) is 3.88. The van der Waals surface area contributed by atoms with Gasteiger partial charge in [0.1, 0.15) is 5.54 Å². The van der Waals surface area contributed by atoms with E-state index in [0.717, 1.165) is 13.1 Å². The van der Waals surface area contributed by atoms with Crippen LogP contribution in [-0.2, 0) is 9.53 Å². The third-order valence-electron chi connectivity index (χ3n) is 5.37. The Morgan fingerprint density at radius 2 is 1.88 bits per heavy atom. The number of hydrogen-bond donors (Lipinski definition) is 0. The lowest BCUT2D eigenvalue weighted by molar-refractivity contribution is -0.136. The molecule has 0 bridgehead atoms. The summed E-state index contributed by atoms with van der Waals surface area (Å²) in [6.07, 6.45) is 1.41. The van der Waals surface area contributed by atoms with Gasteiger partial charge >= 0.3 is 6.03 Å². The van der Waals surface area contributed by atoms with E-state index in [1.807, 2.05) is 25.9 Å². The van der Waals surface area contributed by atoms with E-state index in [2.05, 4.69) is 11.8 Å². The van der Waals surface area contributed by atoms with E-state index >= 15 is 0 Å². The molecule has 0 aliphatic carbocycles. The van der Waals surface area contributed by atoms with Crippen LogP contribution in [0.25, 0.3) is 0 Å². The van der Waals surface area contributed by atoms with Crippen LogP contribution in [0.2, 0.25) is 0 Å². The fraction of sp³-hybridized carbons (Fsp3) is 0.882. The number of methoxy groups -OCH3 is 1. The Balaban J connectivity index is 2.11. The first-order chi connectivity index (χ1) is 11.4. The predicted octanol–water partition coefficient (Wildman–Crippen LogP) is 0.702. The van der Waals surface area contributed by atoms with Crippen molar-refractivity contribution in [2.24, 2.45) is 0 Å². The third kappa shape index (κ3) is 3.43. The quantitative estimate of drug-likeness (QED) is 0.639. The SMILES string of the molecule is CCN1C(=O)N(CCN(C)C)C(=O)C12CCN([C@@H](C)COC)CC2. The number of rotatable bonds is 7. The van der Waals surface area contributed by atoms with Crippen molar-refractivity contribution in [1.82, 2.24) is 19.6 Å². The molecule has 2 aliphatic rings. The third-order valence-corrected chi connectivity index (χ3v) is 5.37. The van der Waals surface area contributed by atoms with Gasteiger partial charge in [-0.15, -0.1) is 0 Å². The number of carbonyl (C=O) groups excluding carboxylic acids is 2. The number of likely N-dealkylation sites (N-methyl/N-ethyl adjacent to an activating group) is 2. The molecule has 0 aromatic rings. The summed E-state index contributed by atoms with van der Waals surface area (Å²) in [5.74, 6) is -0.00440. The molecule has 138 valence electrons. The minimum absolute atomic E-state index is 0.00440. The first-order valence-corrected chi connectivity index (χ1v) is 8.88. The van der Waals surface area contributed by atoms with Crippen molar-refractivity contribution in [2.45, 2.75) is 38.3 Å². The lowest BCUT2D eigenvalue weighted by Gasteiger charge is -2.43. The predicted molar refractivity (Wildman–Crippen MR) is 92.9 cm³/mol. The van der Waals surface area contributed by atoms with Gasteiger partial charge in [-0.2, -0.15) is 0 Å². The van der Waals surface area contributed by atoms with Gasteiger partial charge in [-0.3, -0.25) is 14.6 Å². The van der Waals surface area contributed by atoms with E-state index in [1.165, 1.54) is 4.90 Å². The van der Waals surface area contributed by atoms with Crippen LogP contribution in [-0.4, -0.2) is 104 Å². The van der Waals surface area contributed by atoms with Crippen molar-refractivity contribution in [1.29, 1.82) is 0 Å². The molecule has 2 heterocycles. The number of carbonyl (C=O) groups is 2. The molecule has 0 aromatic carbocycles. The number of urea groups is 1. The Bertz CT molecular complexity index is 461. The number of amides is 3. The molecule has 0 N–H and O–H groups in total. The minimum atomic E-state index is -0.637. The van der Waals surface area contributed by atoms with Gasteiger partial charge in [0, 0.05) is 45.9 Å². The average Bonchev–Trinajstić information content (AvgIpc) is 2.73. The maximum atomic E-state index is 13.1. The van der Waals surface area contributed by atoms with Gasteiger partial charge in [-0.25, -0.2) is 4.79 Å². The standard InChI is InChI=1S/C17H32N4O3/c1-6-21-16(23)20(12-11-18(3)4)15(22)17(21)7-9-19(10-8-17)14(2)13-24-5/h14H,6-13H2,1-5H3/t14-/m0/s1. The Morgan fingerprint density at radius 1 is 1.25 bits per heavy atom. The second-order valence-corrected chi connectivity index (χ2v) is 7.16. The Kier molecular flexibility index (Phi) is 6.22. The van der Waals surface area contributed by atoms with Crippen molar-refractivity contribution in [2.75, 3.05) is 60.5 Å². The second-order valence-electron chi connectivity index (χ2n) is 7.16. The first-order valence-electron chi connectivity index (χ1n) is 8.88. The van der Waals surface area contributed by atoms with E-state index in [-0.39, 0.29) is 11.9 Å². The molecule has 2 fully saturated rings. The van der Waals surface area contributed by atoms with E-state index in [1.54, 1.807) is 12.0 Å². The minimum Gasteiger partial charge on any atom is -0.383 e. The van der Waals surface area contributed by atoms with Gasteiger partial charge in [0.15, 0.2) is 0 Å². The zero-order valence-electron chi connectivity index (χ0n) is 15.7. The van der Waals surface area contributed by atoms with Crippen LogP contribution in [0.3, 0.4) is 0 Å². The van der Waals surface area contributed by atoms with Gasteiger partial charge in [-0.05, 0) is 40.8 Å². The topological polar surface area (TPSA) is 56.3 Å². The number of hydrogen-bond acceptors (Lipinski definition) is 5. The molecule has 2 aliphatic heterocycles. The average molecular weight is 340 g/mol. The monoisotopic (exact) mass is 340 g/mol. The van der Waals surface area contributed by atoms with Crippen LogP contribution in [0, 0.1) is 0 Å². The van der Waals surface area contributed by atoms with Crippen molar-refractivity contribution in [3.8, 4) is 0 Å². The van der Waals surface area contributed by atoms with Crippen molar-refractivity contribution in [3.63, 3.8) is 0 Å². The van der Waals surface area contributed by atoms with Gasteiger partial charge < -0.3 is 14.5 Å². The van der Waals surface area contributed by atoms with Crippen LogP contribution in [0.15, 0.2) is 0 Å². The second kappa shape index (κ2) is 7.80. The molecule has 1 atom stereocenters. The Hall–Kier alpha value is -1.18. The molecular weight excluding hydrogens is 308 g/mol. The highest BCUT2D eigenvalue weighted by Crippen LogP contribution is 2.37. The highest BCUT2D eigenvalue weighted by molar-refractivity contribution is 6.07. The van der Waals surface area contributed by atoms with Gasteiger partial charge in [0.25, 0.3) is 5.91 Å². The molecule has 7 nitrogen and oxygen atoms in total. The Labute approximate surface area is 145 Å². The highest BCUT2D eigenvalue weighted by Gasteiger charge is 2.57. The molecule has 0 saturated carbocycles. The molecule has 7 heteroatoms. The highest BCUT2D eigenvalue weighted by atomic mass is 16.5. The van der Waals surface area contributed by atoms with Crippen LogP contribution in [0.5, 0.6) is 0 Å². The first kappa shape index (κ1) is 19.1. The number of piperidine rings is 1. The fourth-order valence-electron chi connectivity index (χ4n) is 3.88. The molecule has 0 unspecified atom stereocenters. The van der Waals surface area contributed by atoms with Crippen LogP contribution >= 0.6 is 0 Å². The smallest absolute Gasteiger partial charge is 0.327 e. The molecule has 0 aromatic heterocycles. The zero-order valence-corrected chi connectivity index (χ0v) is 15.7. The van der Waals surface area contributed by atoms with Gasteiger partial charge in [-0.1, -0.05) is 0 Å². The summed E-state index contributed by atoms with van der Waals surface area (Å²) in [5.41, 5.74) is -0.637. The summed E-state index contributed by atoms with van der Waals surface area (Å²) in [6.45, 7) is 8.17. The summed E-state index contributed by atoms with van der Waals surface area (Å²) in [5, 5.41) is 0. The number of nitrogens with zero attached hydrogens (tertiary/aromatic N) is 4. The number of imide groups is 1. The Morgan fingerprint density at radius 3 is 2.38 bits per heavy atom. The maximum absolute atomic E-state index is 13.1. The summed E-state index contributed by atoms with van der Waals surface area (Å²) >= 11 is 0. The summed E-state index contributed by atoms with van der Waals surface area (Å²) in [6, 6.07) is 0.210. The van der Waals surface area contributed by atoms with Crippen molar-refractivity contribution < 1.29 is 14.3 Å². The van der Waals surface area contributed by atoms with Crippen molar-refractivity contribution >= 4 is 11.9 Å². The summed E-state index contributed by atoms with van der Waals surface area (Å²) < 4.78 is 5.24. The van der Waals surface area contributed by atoms with Crippen LogP contribution in [0.4, 0.5) is 4.79 Å².